The van der Waals surface area contributed by atoms with Crippen molar-refractivity contribution in [3.63, 3.8) is 0 Å². The van der Waals surface area contributed by atoms with E-state index < -0.39 is 25.9 Å². The molecule has 0 radical (unpaired) electrons. The van der Waals surface area contributed by atoms with Crippen molar-refractivity contribution in [1.82, 2.24) is 0 Å². The number of halogens is 3. The van der Waals surface area contributed by atoms with Gasteiger partial charge in [-0.2, -0.15) is 13.2 Å². The zero-order chi connectivity index (χ0) is 17.0. The van der Waals surface area contributed by atoms with Crippen LogP contribution in [0.4, 0.5) is 13.2 Å². The van der Waals surface area contributed by atoms with Gasteiger partial charge in [-0.25, -0.2) is 0 Å². The molecule has 0 aliphatic carbocycles. The molecule has 1 N–H and O–H groups in total. The van der Waals surface area contributed by atoms with Crippen molar-refractivity contribution in [2.24, 2.45) is 0 Å². The smallest absolute Gasteiger partial charge is 0.494 e. The van der Waals surface area contributed by atoms with Gasteiger partial charge in [0.2, 0.25) is 0 Å². The molecule has 1 aromatic rings. The van der Waals surface area contributed by atoms with Gasteiger partial charge in [-0.1, -0.05) is 13.8 Å². The molecular formula is C13H20F3O4S2+. The number of hydrogen-bond donors (Lipinski definition) is 0. The molecule has 0 atom stereocenters. The van der Waals surface area contributed by atoms with E-state index in [0.29, 0.717) is 17.3 Å². The first-order valence-electron chi connectivity index (χ1n) is 6.69. The molecule has 1 rings (SSSR count). The van der Waals surface area contributed by atoms with Crippen LogP contribution < -0.4 is 4.74 Å². The predicted octanol–water partition coefficient (Wildman–Crippen LogP) is 4.15. The molecule has 4 nitrogen and oxygen atoms in total. The number of alkyl halides is 3. The second-order valence-electron chi connectivity index (χ2n) is 4.32. The Bertz CT molecular complexity index is 578. The molecule has 0 aromatic heterocycles. The molecule has 0 saturated carbocycles. The Balaban J connectivity index is 3.21. The highest BCUT2D eigenvalue weighted by Gasteiger charge is 2.56. The van der Waals surface area contributed by atoms with Gasteiger partial charge in [0.1, 0.15) is 5.75 Å². The summed E-state index contributed by atoms with van der Waals surface area (Å²) in [6.45, 7) is 5.56. The molecule has 0 unspecified atom stereocenters. The Kier molecular flexibility index (Phi) is 6.17. The molecule has 0 amide bonds. The SMILES string of the molecule is CCOc1ccc(S(CC)(CC)[OH+]S(=O)(=O)C(F)(F)F)cc1. The van der Waals surface area contributed by atoms with Crippen molar-refractivity contribution in [2.75, 3.05) is 18.1 Å². The van der Waals surface area contributed by atoms with Crippen LogP contribution in [0.1, 0.15) is 20.8 Å². The van der Waals surface area contributed by atoms with Crippen molar-refractivity contribution >= 4 is 20.4 Å². The average Bonchev–Trinajstić information content (AvgIpc) is 2.45. The molecule has 9 heteroatoms. The Morgan fingerprint density at radius 1 is 1.05 bits per heavy atom. The van der Waals surface area contributed by atoms with E-state index in [1.165, 1.54) is 0 Å². The van der Waals surface area contributed by atoms with Crippen LogP contribution in [0.2, 0.25) is 0 Å². The second-order valence-corrected chi connectivity index (χ2v) is 9.64. The normalized spacial score (nSPS) is 13.9. The van der Waals surface area contributed by atoms with Gasteiger partial charge in [-0.3, -0.25) is 3.63 Å². The summed E-state index contributed by atoms with van der Waals surface area (Å²) in [4.78, 5) is 0.494. The minimum Gasteiger partial charge on any atom is -0.494 e. The van der Waals surface area contributed by atoms with Gasteiger partial charge in [-0.15, -0.1) is 8.42 Å². The third kappa shape index (κ3) is 4.08. The quantitative estimate of drug-likeness (QED) is 0.416. The molecule has 128 valence electrons. The van der Waals surface area contributed by atoms with Crippen molar-refractivity contribution in [2.45, 2.75) is 31.2 Å². The maximum Gasteiger partial charge on any atom is 0.572 e. The van der Waals surface area contributed by atoms with Gasteiger partial charge in [0, 0.05) is 21.8 Å². The fourth-order valence-electron chi connectivity index (χ4n) is 1.87. The summed E-state index contributed by atoms with van der Waals surface area (Å²) in [6, 6.07) is 6.40. The van der Waals surface area contributed by atoms with E-state index in [2.05, 4.69) is 3.63 Å². The lowest BCUT2D eigenvalue weighted by atomic mass is 10.3. The van der Waals surface area contributed by atoms with Crippen molar-refractivity contribution in [3.8, 4) is 5.75 Å². The van der Waals surface area contributed by atoms with E-state index in [4.69, 9.17) is 4.74 Å². The molecule has 1 aromatic carbocycles. The number of benzene rings is 1. The van der Waals surface area contributed by atoms with Gasteiger partial charge < -0.3 is 4.74 Å². The van der Waals surface area contributed by atoms with E-state index in [1.54, 1.807) is 38.1 Å². The monoisotopic (exact) mass is 361 g/mol. The van der Waals surface area contributed by atoms with Crippen LogP contribution in [-0.2, 0) is 10.1 Å². The third-order valence-corrected chi connectivity index (χ3v) is 8.63. The fourth-order valence-corrected chi connectivity index (χ4v) is 6.62. The molecule has 22 heavy (non-hydrogen) atoms. The van der Waals surface area contributed by atoms with E-state index in [0.717, 1.165) is 0 Å². The summed E-state index contributed by atoms with van der Waals surface area (Å²) in [6.07, 6.45) is 0. The zero-order valence-corrected chi connectivity index (χ0v) is 14.2. The average molecular weight is 361 g/mol. The second kappa shape index (κ2) is 7.10. The first-order valence-corrected chi connectivity index (χ1v) is 10.1. The molecule has 0 bridgehead atoms. The van der Waals surface area contributed by atoms with E-state index in [9.17, 15) is 21.6 Å². The number of hydrogen-bond acceptors (Lipinski definition) is 3. The summed E-state index contributed by atoms with van der Waals surface area (Å²) in [5.41, 5.74) is -5.37. The molecule has 0 aliphatic rings. The van der Waals surface area contributed by atoms with Crippen molar-refractivity contribution < 1.29 is 30.0 Å². The molecular weight excluding hydrogens is 341 g/mol. The Morgan fingerprint density at radius 3 is 1.91 bits per heavy atom. The third-order valence-electron chi connectivity index (χ3n) is 3.06. The Labute approximate surface area is 130 Å². The zero-order valence-electron chi connectivity index (χ0n) is 12.6. The summed E-state index contributed by atoms with van der Waals surface area (Å²) in [5, 5.41) is 0. The summed E-state index contributed by atoms with van der Waals surface area (Å²) in [7, 11) is -7.98. The lowest BCUT2D eigenvalue weighted by Crippen LogP contribution is -2.31. The molecule has 0 spiro atoms. The van der Waals surface area contributed by atoms with Crippen LogP contribution in [0.5, 0.6) is 5.75 Å². The number of ether oxygens (including phenoxy) is 1. The first-order chi connectivity index (χ1) is 10.1. The van der Waals surface area contributed by atoms with Crippen LogP contribution in [0.3, 0.4) is 0 Å². The lowest BCUT2D eigenvalue weighted by Gasteiger charge is -2.32. The van der Waals surface area contributed by atoms with Crippen molar-refractivity contribution in [1.29, 1.82) is 0 Å². The largest absolute Gasteiger partial charge is 0.572 e. The summed E-state index contributed by atoms with van der Waals surface area (Å²) in [5.74, 6) is 1.00. The van der Waals surface area contributed by atoms with Gasteiger partial charge in [0.05, 0.1) is 11.5 Å². The molecule has 0 saturated heterocycles. The molecule has 0 fully saturated rings. The fraction of sp³-hybridized carbons (Fsp3) is 0.538. The minimum absolute atomic E-state index is 0.215. The number of rotatable bonds is 7. The van der Waals surface area contributed by atoms with Crippen LogP contribution in [0, 0.1) is 0 Å². The summed E-state index contributed by atoms with van der Waals surface area (Å²) >= 11 is 0. The minimum atomic E-state index is -5.52. The van der Waals surface area contributed by atoms with Gasteiger partial charge >= 0.3 is 15.6 Å². The van der Waals surface area contributed by atoms with Crippen LogP contribution >= 0.6 is 10.3 Å². The highest BCUT2D eigenvalue weighted by atomic mass is 32.3. The van der Waals surface area contributed by atoms with Crippen molar-refractivity contribution in [3.05, 3.63) is 24.3 Å². The maximum atomic E-state index is 12.6. The van der Waals surface area contributed by atoms with Crippen LogP contribution in [-0.4, -0.2) is 35.7 Å². The highest BCUT2D eigenvalue weighted by molar-refractivity contribution is 8.32. The van der Waals surface area contributed by atoms with E-state index in [-0.39, 0.29) is 11.5 Å². The van der Waals surface area contributed by atoms with Crippen LogP contribution in [0.15, 0.2) is 29.2 Å². The van der Waals surface area contributed by atoms with Gasteiger partial charge in [0.25, 0.3) is 0 Å². The highest BCUT2D eigenvalue weighted by Crippen LogP contribution is 2.56. The Hall–Kier alpha value is -0.930. The Morgan fingerprint density at radius 2 is 1.55 bits per heavy atom. The van der Waals surface area contributed by atoms with E-state index >= 15 is 0 Å². The predicted molar refractivity (Wildman–Crippen MR) is 82.2 cm³/mol. The van der Waals surface area contributed by atoms with Crippen LogP contribution in [0.25, 0.3) is 0 Å². The molecule has 0 aliphatic heterocycles. The lowest BCUT2D eigenvalue weighted by molar-refractivity contribution is -0.0540. The van der Waals surface area contributed by atoms with E-state index in [1.807, 2.05) is 6.92 Å². The standard InChI is InChI=1S/C13H19F3O4S2/c1-4-19-11-7-9-12(10-8-11)21(5-2,6-3)20-22(17,18)13(14,15)16/h7-10H,4-6H2,1-3H3/p+1. The van der Waals surface area contributed by atoms with Gasteiger partial charge in [0.15, 0.2) is 0 Å². The summed E-state index contributed by atoms with van der Waals surface area (Å²) < 4.78 is 69.3. The topological polar surface area (TPSA) is 56.2 Å². The van der Waals surface area contributed by atoms with Gasteiger partial charge in [-0.05, 0) is 31.2 Å². The first kappa shape index (κ1) is 19.1. The maximum absolute atomic E-state index is 12.6. The molecule has 0 heterocycles.